The molecule has 4 aliphatic rings. The van der Waals surface area contributed by atoms with E-state index in [0.29, 0.717) is 6.71 Å². The van der Waals surface area contributed by atoms with E-state index in [0.717, 1.165) is 5.75 Å². The zero-order valence-corrected chi connectivity index (χ0v) is 21.0. The molecule has 2 aliphatic heterocycles. The van der Waals surface area contributed by atoms with Crippen LogP contribution in [0.4, 0.5) is 0 Å². The van der Waals surface area contributed by atoms with Crippen LogP contribution in [-0.4, -0.2) is 6.71 Å². The molecule has 1 aromatic carbocycles. The van der Waals surface area contributed by atoms with E-state index >= 15 is 0 Å². The molecule has 3 aromatic rings. The summed E-state index contributed by atoms with van der Waals surface area (Å²) >= 11 is 6.24. The summed E-state index contributed by atoms with van der Waals surface area (Å²) in [7, 11) is 0. The topological polar surface area (TPSA) is 9.23 Å². The molecule has 0 radical (unpaired) electrons. The van der Waals surface area contributed by atoms with Crippen LogP contribution in [-0.2, 0) is 31.1 Å². The van der Waals surface area contributed by atoms with Gasteiger partial charge >= 0.3 is 0 Å². The highest BCUT2D eigenvalue weighted by molar-refractivity contribution is 8.00. The van der Waals surface area contributed by atoms with Crippen molar-refractivity contribution in [3.63, 3.8) is 0 Å². The molecule has 0 bridgehead atoms. The van der Waals surface area contributed by atoms with E-state index in [1.165, 1.54) is 83.4 Å². The smallest absolute Gasteiger partial charge is 0.278 e. The molecule has 0 unspecified atom stereocenters. The molecule has 1 nitrogen and oxygen atoms in total. The van der Waals surface area contributed by atoms with Crippen molar-refractivity contribution in [2.45, 2.75) is 87.3 Å². The van der Waals surface area contributed by atoms with Gasteiger partial charge in [0.15, 0.2) is 0 Å². The Morgan fingerprint density at radius 2 is 1.52 bits per heavy atom. The number of hydrogen-bond acceptors (Lipinski definition) is 4. The molecular formula is C26H27BOS3. The molecule has 7 rings (SSSR count). The minimum atomic E-state index is 0.119. The Labute approximate surface area is 197 Å². The molecule has 0 N–H and O–H groups in total. The van der Waals surface area contributed by atoms with Crippen LogP contribution in [0.15, 0.2) is 21.9 Å². The van der Waals surface area contributed by atoms with Crippen molar-refractivity contribution in [1.82, 2.24) is 0 Å². The van der Waals surface area contributed by atoms with Gasteiger partial charge in [0.25, 0.3) is 6.71 Å². The second kappa shape index (κ2) is 6.68. The zero-order chi connectivity index (χ0) is 20.9. The van der Waals surface area contributed by atoms with Crippen LogP contribution >= 0.6 is 34.4 Å². The lowest BCUT2D eigenvalue weighted by molar-refractivity contribution is 0.473. The summed E-state index contributed by atoms with van der Waals surface area (Å²) in [5, 5.41) is 0. The van der Waals surface area contributed by atoms with E-state index in [9.17, 15) is 0 Å². The van der Waals surface area contributed by atoms with Gasteiger partial charge in [-0.15, -0.1) is 0 Å². The van der Waals surface area contributed by atoms with E-state index in [2.05, 4.69) is 55.6 Å². The van der Waals surface area contributed by atoms with E-state index in [1.807, 2.05) is 11.8 Å². The van der Waals surface area contributed by atoms with Gasteiger partial charge in [0.1, 0.15) is 11.5 Å². The lowest BCUT2D eigenvalue weighted by Crippen LogP contribution is -2.55. The summed E-state index contributed by atoms with van der Waals surface area (Å²) in [6.07, 6.45) is 10.3. The van der Waals surface area contributed by atoms with Gasteiger partial charge in [-0.1, -0.05) is 32.5 Å². The average Bonchev–Trinajstić information content (AvgIpc) is 3.31. The van der Waals surface area contributed by atoms with Crippen LogP contribution in [0.25, 0.3) is 0 Å². The van der Waals surface area contributed by atoms with E-state index in [1.54, 1.807) is 25.0 Å². The first-order chi connectivity index (χ1) is 15.0. The van der Waals surface area contributed by atoms with Crippen LogP contribution in [0.1, 0.15) is 72.9 Å². The molecule has 0 atom stereocenters. The maximum atomic E-state index is 6.82. The molecule has 2 aliphatic carbocycles. The second-order valence-electron chi connectivity index (χ2n) is 10.6. The summed E-state index contributed by atoms with van der Waals surface area (Å²) in [5.74, 6) is 2.37. The molecule has 0 saturated carbocycles. The molecule has 0 spiro atoms. The van der Waals surface area contributed by atoms with Crippen molar-refractivity contribution in [2.24, 2.45) is 0 Å². The molecule has 5 heteroatoms. The van der Waals surface area contributed by atoms with Crippen molar-refractivity contribution >= 4 is 56.2 Å². The Morgan fingerprint density at radius 1 is 0.839 bits per heavy atom. The predicted octanol–water partition coefficient (Wildman–Crippen LogP) is 5.95. The monoisotopic (exact) mass is 462 g/mol. The number of aryl methyl sites for hydroxylation is 2. The molecule has 2 aromatic heterocycles. The van der Waals surface area contributed by atoms with Gasteiger partial charge in [0, 0.05) is 29.9 Å². The molecular weight excluding hydrogens is 435 g/mol. The summed E-state index contributed by atoms with van der Waals surface area (Å²) < 4.78 is 9.94. The highest BCUT2D eigenvalue weighted by Gasteiger charge is 2.45. The quantitative estimate of drug-likeness (QED) is 0.263. The number of rotatable bonds is 0. The molecule has 0 fully saturated rings. The summed E-state index contributed by atoms with van der Waals surface area (Å²) in [5.41, 5.74) is 6.18. The van der Waals surface area contributed by atoms with Crippen LogP contribution in [0, 0.1) is 0 Å². The molecule has 0 saturated heterocycles. The molecule has 4 heterocycles. The fourth-order valence-corrected chi connectivity index (χ4v) is 10.3. The Kier molecular flexibility index (Phi) is 4.16. The Balaban J connectivity index is 1.51. The van der Waals surface area contributed by atoms with Gasteiger partial charge in [-0.05, 0) is 90.3 Å². The number of fused-ring (bicyclic) bond motifs is 8. The van der Waals surface area contributed by atoms with Crippen molar-refractivity contribution in [3.8, 4) is 11.5 Å². The van der Waals surface area contributed by atoms with Crippen LogP contribution < -0.4 is 19.8 Å². The third-order valence-corrected chi connectivity index (χ3v) is 11.6. The van der Waals surface area contributed by atoms with E-state index in [-0.39, 0.29) is 5.41 Å². The Morgan fingerprint density at radius 3 is 2.29 bits per heavy atom. The van der Waals surface area contributed by atoms with Crippen molar-refractivity contribution in [3.05, 3.63) is 38.6 Å². The maximum Gasteiger partial charge on any atom is 0.278 e. The van der Waals surface area contributed by atoms with Crippen molar-refractivity contribution in [1.29, 1.82) is 0 Å². The van der Waals surface area contributed by atoms with Gasteiger partial charge in [0.2, 0.25) is 0 Å². The van der Waals surface area contributed by atoms with Gasteiger partial charge in [-0.2, -0.15) is 22.7 Å². The summed E-state index contributed by atoms with van der Waals surface area (Å²) in [4.78, 5) is 6.32. The first-order valence-corrected chi connectivity index (χ1v) is 14.3. The highest BCUT2D eigenvalue weighted by Crippen LogP contribution is 2.47. The lowest BCUT2D eigenvalue weighted by atomic mass is 9.41. The van der Waals surface area contributed by atoms with Crippen molar-refractivity contribution in [2.75, 3.05) is 0 Å². The third kappa shape index (κ3) is 2.75. The number of thiophene rings is 2. The molecule has 31 heavy (non-hydrogen) atoms. The van der Waals surface area contributed by atoms with Gasteiger partial charge in [-0.3, -0.25) is 0 Å². The number of benzene rings is 1. The standard InChI is InChI=1S/C26H27BOS3/c1-26(2,3)14-12-17-21-20(13-14)29-23-16-9-5-7-11-19(16)31-25(23)27(21)24-22(28-17)15-8-4-6-10-18(15)30-24/h12-13H,4-11H2,1-3H3. The fraction of sp³-hybridized carbons (Fsp3) is 0.462. The van der Waals surface area contributed by atoms with Crippen LogP contribution in [0.5, 0.6) is 11.5 Å². The summed E-state index contributed by atoms with van der Waals surface area (Å²) in [6.45, 7) is 7.37. The molecule has 0 amide bonds. The fourth-order valence-electron chi connectivity index (χ4n) is 5.81. The van der Waals surface area contributed by atoms with Crippen LogP contribution in [0.3, 0.4) is 0 Å². The number of hydrogen-bond donors (Lipinski definition) is 0. The minimum Gasteiger partial charge on any atom is -0.457 e. The SMILES string of the molecule is CC(C)(C)c1cc2c3c(c1)Sc1c(sc4c1CCCC4)B3c1sc3c(c1O2)CCCC3. The van der Waals surface area contributed by atoms with E-state index in [4.69, 9.17) is 4.74 Å². The highest BCUT2D eigenvalue weighted by atomic mass is 32.2. The normalized spacial score (nSPS) is 18.5. The summed E-state index contributed by atoms with van der Waals surface area (Å²) in [6, 6.07) is 4.84. The Hall–Kier alpha value is -1.17. The first kappa shape index (κ1) is 19.3. The first-order valence-electron chi connectivity index (χ1n) is 11.8. The maximum absolute atomic E-state index is 6.82. The van der Waals surface area contributed by atoms with Gasteiger partial charge in [0.05, 0.1) is 0 Å². The van der Waals surface area contributed by atoms with Gasteiger partial charge in [-0.25, -0.2) is 0 Å². The third-order valence-electron chi connectivity index (χ3n) is 7.50. The largest absolute Gasteiger partial charge is 0.457 e. The van der Waals surface area contributed by atoms with Crippen molar-refractivity contribution < 1.29 is 4.74 Å². The van der Waals surface area contributed by atoms with Crippen LogP contribution in [0.2, 0.25) is 0 Å². The Bertz CT molecular complexity index is 1160. The average molecular weight is 463 g/mol. The molecule has 158 valence electrons. The zero-order valence-electron chi connectivity index (χ0n) is 18.5. The van der Waals surface area contributed by atoms with Gasteiger partial charge < -0.3 is 4.74 Å². The second-order valence-corrected chi connectivity index (χ2v) is 13.9. The van der Waals surface area contributed by atoms with E-state index < -0.39 is 0 Å². The minimum absolute atomic E-state index is 0.119. The number of ether oxygens (including phenoxy) is 1. The lowest BCUT2D eigenvalue weighted by Gasteiger charge is -2.32. The predicted molar refractivity (Wildman–Crippen MR) is 136 cm³/mol.